The third-order valence-electron chi connectivity index (χ3n) is 3.17. The Morgan fingerprint density at radius 2 is 2.17 bits per heavy atom. The third kappa shape index (κ3) is 2.70. The van der Waals surface area contributed by atoms with Gasteiger partial charge in [-0.1, -0.05) is 0 Å². The van der Waals surface area contributed by atoms with Gasteiger partial charge in [-0.3, -0.25) is 0 Å². The minimum absolute atomic E-state index is 0.251. The fraction of sp³-hybridized carbons (Fsp3) is 0.500. The number of methoxy groups -OCH3 is 1. The lowest BCUT2D eigenvalue weighted by Crippen LogP contribution is -2.09. The second-order valence-corrected chi connectivity index (χ2v) is 7.33. The molecule has 18 heavy (non-hydrogen) atoms. The first-order valence-electron chi connectivity index (χ1n) is 5.71. The molecule has 100 valence electrons. The molecule has 1 atom stereocenters. The first-order valence-corrected chi connectivity index (χ1v) is 8.40. The molecule has 0 aromatic heterocycles. The van der Waals surface area contributed by atoms with Crippen LogP contribution in [0.3, 0.4) is 0 Å². The molecule has 1 aromatic rings. The molecule has 0 bridgehead atoms. The van der Waals surface area contributed by atoms with Gasteiger partial charge in [-0.25, -0.2) is 8.42 Å². The van der Waals surface area contributed by atoms with Gasteiger partial charge in [0.25, 0.3) is 0 Å². The van der Waals surface area contributed by atoms with Gasteiger partial charge in [0, 0.05) is 12.8 Å². The van der Waals surface area contributed by atoms with Crippen LogP contribution in [-0.2, 0) is 9.84 Å². The molecule has 0 amide bonds. The molecule has 4 nitrogen and oxygen atoms in total. The van der Waals surface area contributed by atoms with Crippen molar-refractivity contribution in [2.24, 2.45) is 0 Å². The van der Waals surface area contributed by atoms with Crippen LogP contribution in [0.4, 0.5) is 0 Å². The molecule has 0 radical (unpaired) electrons. The summed E-state index contributed by atoms with van der Waals surface area (Å²) in [6, 6.07) is 3.68. The fourth-order valence-corrected chi connectivity index (χ4v) is 3.89. The van der Waals surface area contributed by atoms with Crippen molar-refractivity contribution in [3.05, 3.63) is 22.2 Å². The average Bonchev–Trinajstić information content (AvgIpc) is 2.80. The molecule has 1 unspecified atom stereocenters. The molecule has 0 saturated carbocycles. The molecule has 1 aliphatic rings. The summed E-state index contributed by atoms with van der Waals surface area (Å²) >= 11 is 3.39. The summed E-state index contributed by atoms with van der Waals surface area (Å²) in [7, 11) is -1.82. The molecule has 1 aromatic carbocycles. The van der Waals surface area contributed by atoms with E-state index in [9.17, 15) is 8.42 Å². The Morgan fingerprint density at radius 1 is 1.44 bits per heavy atom. The lowest BCUT2D eigenvalue weighted by Gasteiger charge is -2.15. The number of sulfone groups is 1. The van der Waals surface area contributed by atoms with E-state index in [1.54, 1.807) is 6.07 Å². The second kappa shape index (κ2) is 5.19. The first-order chi connectivity index (χ1) is 8.43. The summed E-state index contributed by atoms with van der Waals surface area (Å²) in [4.78, 5) is 0.251. The largest absolute Gasteiger partial charge is 0.494 e. The predicted octanol–water partition coefficient (Wildman–Crippen LogP) is 1.94. The van der Waals surface area contributed by atoms with E-state index < -0.39 is 9.84 Å². The third-order valence-corrected chi connectivity index (χ3v) is 4.86. The van der Waals surface area contributed by atoms with E-state index in [2.05, 4.69) is 21.2 Å². The fourth-order valence-electron chi connectivity index (χ4n) is 2.24. The summed E-state index contributed by atoms with van der Waals surface area (Å²) in [6.45, 7) is 1.87. The molecular weight excluding hydrogens is 318 g/mol. The molecule has 1 fully saturated rings. The molecule has 1 aliphatic heterocycles. The molecule has 6 heteroatoms. The average molecular weight is 334 g/mol. The molecule has 1 N–H and O–H groups in total. The zero-order chi connectivity index (χ0) is 13.3. The van der Waals surface area contributed by atoms with Crippen molar-refractivity contribution >= 4 is 25.8 Å². The zero-order valence-corrected chi connectivity index (χ0v) is 12.8. The quantitative estimate of drug-likeness (QED) is 0.918. The van der Waals surface area contributed by atoms with E-state index in [-0.39, 0.29) is 4.90 Å². The van der Waals surface area contributed by atoms with Gasteiger partial charge in [-0.05, 0) is 52.5 Å². The Balaban J connectivity index is 2.55. The van der Waals surface area contributed by atoms with Gasteiger partial charge in [-0.2, -0.15) is 0 Å². The number of ether oxygens (including phenoxy) is 1. The molecule has 2 rings (SSSR count). The summed E-state index contributed by atoms with van der Waals surface area (Å²) in [6.07, 6.45) is 2.23. The van der Waals surface area contributed by atoms with Crippen LogP contribution in [-0.4, -0.2) is 34.9 Å². The topological polar surface area (TPSA) is 55.4 Å². The van der Waals surface area contributed by atoms with Crippen LogP contribution < -0.4 is 10.1 Å². The summed E-state index contributed by atoms with van der Waals surface area (Å²) in [5, 5.41) is 3.28. The maximum absolute atomic E-state index is 11.8. The van der Waals surface area contributed by atoms with Gasteiger partial charge in [0.2, 0.25) is 0 Å². The van der Waals surface area contributed by atoms with E-state index in [0.29, 0.717) is 16.1 Å². The summed E-state index contributed by atoms with van der Waals surface area (Å²) in [5.41, 5.74) is 1.04. The van der Waals surface area contributed by atoms with E-state index in [1.807, 2.05) is 6.07 Å². The summed E-state index contributed by atoms with van der Waals surface area (Å²) < 4.78 is 29.5. The summed E-state index contributed by atoms with van der Waals surface area (Å²) in [5.74, 6) is 0.750. The second-order valence-electron chi connectivity index (χ2n) is 4.50. The standard InChI is InChI=1S/C12H16BrNO3S/c1-17-12-10(13)5-9(8-3-4-14-7-8)6-11(12)18(2,15)16/h5-6,8,14H,3-4,7H2,1-2H3. The number of rotatable bonds is 3. The Bertz CT molecular complexity index is 551. The lowest BCUT2D eigenvalue weighted by molar-refractivity contribution is 0.399. The Labute approximate surface area is 116 Å². The van der Waals surface area contributed by atoms with Gasteiger partial charge in [0.15, 0.2) is 15.6 Å². The van der Waals surface area contributed by atoms with Crippen molar-refractivity contribution < 1.29 is 13.2 Å². The molecule has 1 saturated heterocycles. The maximum atomic E-state index is 11.8. The predicted molar refractivity (Wildman–Crippen MR) is 74.0 cm³/mol. The first kappa shape index (κ1) is 13.8. The lowest BCUT2D eigenvalue weighted by atomic mass is 9.98. The Morgan fingerprint density at radius 3 is 2.67 bits per heavy atom. The highest BCUT2D eigenvalue weighted by Crippen LogP contribution is 2.37. The number of benzene rings is 1. The van der Waals surface area contributed by atoms with Crippen molar-refractivity contribution in [1.29, 1.82) is 0 Å². The maximum Gasteiger partial charge on any atom is 0.179 e. The van der Waals surface area contributed by atoms with Gasteiger partial charge in [0.1, 0.15) is 4.90 Å². The van der Waals surface area contributed by atoms with Gasteiger partial charge in [-0.15, -0.1) is 0 Å². The zero-order valence-electron chi connectivity index (χ0n) is 10.4. The minimum Gasteiger partial charge on any atom is -0.494 e. The SMILES string of the molecule is COc1c(Br)cc(C2CCNC2)cc1S(C)(=O)=O. The van der Waals surface area contributed by atoms with Gasteiger partial charge in [0.05, 0.1) is 11.6 Å². The number of hydrogen-bond donors (Lipinski definition) is 1. The normalized spacial score (nSPS) is 20.1. The highest BCUT2D eigenvalue weighted by Gasteiger charge is 2.23. The van der Waals surface area contributed by atoms with Crippen LogP contribution in [0.25, 0.3) is 0 Å². The monoisotopic (exact) mass is 333 g/mol. The van der Waals surface area contributed by atoms with Crippen molar-refractivity contribution in [2.45, 2.75) is 17.2 Å². The number of nitrogens with one attached hydrogen (secondary N) is 1. The Kier molecular flexibility index (Phi) is 3.99. The molecule has 0 aliphatic carbocycles. The number of hydrogen-bond acceptors (Lipinski definition) is 4. The van der Waals surface area contributed by atoms with Gasteiger partial charge >= 0.3 is 0 Å². The van der Waals surface area contributed by atoms with E-state index in [1.165, 1.54) is 13.4 Å². The molecule has 0 spiro atoms. The number of halogens is 1. The van der Waals surface area contributed by atoms with Gasteiger partial charge < -0.3 is 10.1 Å². The van der Waals surface area contributed by atoms with Crippen molar-refractivity contribution in [3.8, 4) is 5.75 Å². The molecular formula is C12H16BrNO3S. The minimum atomic E-state index is -3.30. The van der Waals surface area contributed by atoms with Crippen LogP contribution >= 0.6 is 15.9 Å². The van der Waals surface area contributed by atoms with Crippen LogP contribution in [0, 0.1) is 0 Å². The van der Waals surface area contributed by atoms with E-state index >= 15 is 0 Å². The van der Waals surface area contributed by atoms with Crippen LogP contribution in [0.2, 0.25) is 0 Å². The van der Waals surface area contributed by atoms with Crippen molar-refractivity contribution in [2.75, 3.05) is 26.5 Å². The highest BCUT2D eigenvalue weighted by atomic mass is 79.9. The van der Waals surface area contributed by atoms with E-state index in [0.717, 1.165) is 25.1 Å². The van der Waals surface area contributed by atoms with Crippen LogP contribution in [0.15, 0.2) is 21.5 Å². The smallest absolute Gasteiger partial charge is 0.179 e. The van der Waals surface area contributed by atoms with E-state index in [4.69, 9.17) is 4.74 Å². The van der Waals surface area contributed by atoms with Crippen molar-refractivity contribution in [3.63, 3.8) is 0 Å². The van der Waals surface area contributed by atoms with Crippen molar-refractivity contribution in [1.82, 2.24) is 5.32 Å². The Hall–Kier alpha value is -0.590. The van der Waals surface area contributed by atoms with Crippen LogP contribution in [0.1, 0.15) is 17.9 Å². The van der Waals surface area contributed by atoms with Crippen LogP contribution in [0.5, 0.6) is 5.75 Å². The highest BCUT2D eigenvalue weighted by molar-refractivity contribution is 9.10. The molecule has 1 heterocycles.